The van der Waals surface area contributed by atoms with Gasteiger partial charge in [0.05, 0.1) is 57.6 Å². The van der Waals surface area contributed by atoms with Crippen LogP contribution < -0.4 is 26.6 Å². The topological polar surface area (TPSA) is 423 Å². The normalized spacial score (nSPS) is 13.3. The molecule has 85 heavy (non-hydrogen) atoms. The van der Waals surface area contributed by atoms with Crippen LogP contribution in [0.4, 0.5) is 0 Å². The van der Waals surface area contributed by atoms with Crippen LogP contribution in [-0.4, -0.2) is 192 Å². The number of aliphatic hydroxyl groups is 1. The van der Waals surface area contributed by atoms with Crippen molar-refractivity contribution in [2.45, 2.75) is 205 Å². The van der Waals surface area contributed by atoms with Gasteiger partial charge in [-0.25, -0.2) is 9.59 Å². The second-order valence-electron chi connectivity index (χ2n) is 21.3. The Morgan fingerprint density at radius 3 is 1.31 bits per heavy atom. The smallest absolute Gasteiger partial charge is 0.326 e. The third kappa shape index (κ3) is 46.8. The summed E-state index contributed by atoms with van der Waals surface area (Å²) in [6, 6.07) is -2.66. The summed E-state index contributed by atoms with van der Waals surface area (Å²) in [5.41, 5.74) is 0. The fraction of sp³-hybridized carbons (Fsp3) is 0.793. The maximum atomic E-state index is 12.6. The van der Waals surface area contributed by atoms with Crippen LogP contribution in [0.15, 0.2) is 0 Å². The molecule has 0 spiro atoms. The Labute approximate surface area is 501 Å². The molecule has 0 aromatic heterocycles. The van der Waals surface area contributed by atoms with Crippen LogP contribution >= 0.6 is 0 Å². The van der Waals surface area contributed by atoms with Crippen molar-refractivity contribution in [1.29, 1.82) is 0 Å². The lowest BCUT2D eigenvalue weighted by Crippen LogP contribution is -2.43. The highest BCUT2D eigenvalue weighted by Crippen LogP contribution is 2.19. The number of carboxylic acids is 5. The molecule has 0 fully saturated rings. The highest BCUT2D eigenvalue weighted by atomic mass is 16.5. The number of carbonyl (C=O) groups is 12. The van der Waals surface area contributed by atoms with E-state index in [0.717, 1.165) is 51.4 Å². The van der Waals surface area contributed by atoms with Gasteiger partial charge in [-0.2, -0.15) is 0 Å². The summed E-state index contributed by atoms with van der Waals surface area (Å²) in [7, 11) is 0. The van der Waals surface area contributed by atoms with E-state index in [1.54, 1.807) is 6.92 Å². The summed E-state index contributed by atoms with van der Waals surface area (Å²) in [5.74, 6) is -12.1. The Morgan fingerprint density at radius 2 is 0.824 bits per heavy atom. The van der Waals surface area contributed by atoms with Crippen molar-refractivity contribution in [3.8, 4) is 0 Å². The second-order valence-corrected chi connectivity index (χ2v) is 21.3. The summed E-state index contributed by atoms with van der Waals surface area (Å²) < 4.78 is 21.2. The molecule has 0 saturated carbocycles. The molecule has 27 heteroatoms. The van der Waals surface area contributed by atoms with Crippen molar-refractivity contribution in [1.82, 2.24) is 26.6 Å². The number of aliphatic carboxylic acids is 5. The number of rotatable bonds is 59. The van der Waals surface area contributed by atoms with Gasteiger partial charge in [0.1, 0.15) is 36.9 Å². The Kier molecular flexibility index (Phi) is 47.4. The number of nitrogens with one attached hydrogen (secondary N) is 5. The van der Waals surface area contributed by atoms with E-state index < -0.39 is 108 Å². The van der Waals surface area contributed by atoms with Gasteiger partial charge >= 0.3 is 29.8 Å². The predicted molar refractivity (Wildman–Crippen MR) is 311 cm³/mol. The number of carboxylic acid groups (broad SMARTS) is 5. The van der Waals surface area contributed by atoms with Gasteiger partial charge in [-0.1, -0.05) is 90.4 Å². The molecule has 0 aliphatic heterocycles. The summed E-state index contributed by atoms with van der Waals surface area (Å²) >= 11 is 0. The lowest BCUT2D eigenvalue weighted by Gasteiger charge is -2.17. The van der Waals surface area contributed by atoms with E-state index in [1.807, 2.05) is 0 Å². The highest BCUT2D eigenvalue weighted by Gasteiger charge is 2.29. The van der Waals surface area contributed by atoms with E-state index in [0.29, 0.717) is 25.7 Å². The van der Waals surface area contributed by atoms with Gasteiger partial charge < -0.3 is 76.2 Å². The highest BCUT2D eigenvalue weighted by molar-refractivity contribution is 5.88. The molecule has 0 aliphatic carbocycles. The van der Waals surface area contributed by atoms with E-state index in [2.05, 4.69) is 26.6 Å². The average Bonchev–Trinajstić information content (AvgIpc) is 3.66. The minimum atomic E-state index is -1.47. The van der Waals surface area contributed by atoms with Crippen molar-refractivity contribution >= 4 is 70.9 Å². The fourth-order valence-corrected chi connectivity index (χ4v) is 8.65. The number of amides is 5. The molecule has 27 nitrogen and oxygen atoms in total. The minimum Gasteiger partial charge on any atom is -0.481 e. The lowest BCUT2D eigenvalue weighted by atomic mass is 9.89. The van der Waals surface area contributed by atoms with E-state index >= 15 is 0 Å². The Balaban J connectivity index is -0.0000353. The number of unbranched alkanes of at least 4 members (excludes halogenated alkanes) is 14. The van der Waals surface area contributed by atoms with Crippen LogP contribution in [0.25, 0.3) is 0 Å². The Morgan fingerprint density at radius 1 is 0.388 bits per heavy atom. The molecule has 0 aliphatic rings. The van der Waals surface area contributed by atoms with E-state index in [9.17, 15) is 83.1 Å². The molecule has 492 valence electrons. The van der Waals surface area contributed by atoms with Crippen LogP contribution in [-0.2, 0) is 76.5 Å². The van der Waals surface area contributed by atoms with E-state index in [1.165, 1.54) is 39.0 Å². The van der Waals surface area contributed by atoms with E-state index in [-0.39, 0.29) is 138 Å². The molecule has 5 amide bonds. The summed E-state index contributed by atoms with van der Waals surface area (Å²) in [5, 5.41) is 68.9. The van der Waals surface area contributed by atoms with Gasteiger partial charge in [-0.15, -0.1) is 0 Å². The molecule has 0 saturated heterocycles. The first-order chi connectivity index (χ1) is 40.5. The van der Waals surface area contributed by atoms with Crippen molar-refractivity contribution in [3.05, 3.63) is 0 Å². The standard InChI is InChI=1S/C58H99N5O22.2H2/c1-41(48(66)38-45(42(2)64)56(76)77)19-17-18-28-59-49(67)26-22-43(55(74)75)37-44(65)23-24-46(57(78)79)63-53(71)40-85-36-34-83-32-30-61-52(70)39-84-35-33-82-31-29-60-50(68)27-25-47(58(80)81)62-51(69)20-15-13-11-9-7-5-3-4-6-8-10-12-14-16-21-54(72)73;;/h41-43,45-47,64H,3-40H2,1-2H3,(H,59,67)(H,60,68)(H,61,70)(H,62,69)(H,63,71)(H,72,73)(H,74,75)(H,76,77)(H,78,79)(H,80,81);2*1H/t41-,42+,43+,45-,46-,47-;;/m0../s1. The molecule has 0 unspecified atom stereocenters. The number of ketones is 2. The summed E-state index contributed by atoms with van der Waals surface area (Å²) in [4.78, 5) is 144. The van der Waals surface area contributed by atoms with Crippen LogP contribution in [0.5, 0.6) is 0 Å². The van der Waals surface area contributed by atoms with Crippen molar-refractivity contribution in [3.63, 3.8) is 0 Å². The van der Waals surface area contributed by atoms with Gasteiger partial charge in [0, 0.05) is 73.4 Å². The molecular formula is C58H103N5O22. The van der Waals surface area contributed by atoms with Gasteiger partial charge in [0.2, 0.25) is 29.5 Å². The number of Topliss-reactive ketones (excluding diaryl/α,β-unsaturated/α-hetero) is 2. The maximum absolute atomic E-state index is 12.6. The molecule has 0 aromatic rings. The predicted octanol–water partition coefficient (Wildman–Crippen LogP) is 4.21. The molecule has 0 bridgehead atoms. The molecular weight excluding hydrogens is 1120 g/mol. The van der Waals surface area contributed by atoms with Gasteiger partial charge in [0.25, 0.3) is 0 Å². The lowest BCUT2D eigenvalue weighted by molar-refractivity contribution is -0.148. The molecule has 0 rings (SSSR count). The zero-order valence-corrected chi connectivity index (χ0v) is 50.0. The number of carbonyl (C=O) groups excluding carboxylic acids is 7. The number of hydrogen-bond acceptors (Lipinski definition) is 17. The molecule has 11 N–H and O–H groups in total. The number of hydrogen-bond donors (Lipinski definition) is 11. The summed E-state index contributed by atoms with van der Waals surface area (Å²) in [6.07, 6.45) is 13.5. The van der Waals surface area contributed by atoms with Crippen LogP contribution in [0, 0.1) is 17.8 Å². The zero-order valence-electron chi connectivity index (χ0n) is 50.0. The first kappa shape index (κ1) is 78.8. The van der Waals surface area contributed by atoms with Crippen LogP contribution in [0.1, 0.15) is 190 Å². The fourth-order valence-electron chi connectivity index (χ4n) is 8.65. The SMILES string of the molecule is C[C@@H](CCCCNC(=O)CC[C@H](CC(=O)CC[C@H](NC(=O)COCCOCCNC(=O)COCCOCCNC(=O)CC[C@H](NC(=O)CCCCCCCCCCCCCCCCC(=O)O)C(=O)O)C(=O)O)C(=O)O)C(=O)C[C@H](C(=O)O)[C@@H](C)O.[HH].[HH]. The molecule has 0 heterocycles. The minimum absolute atomic E-state index is 0. The van der Waals surface area contributed by atoms with Crippen molar-refractivity contribution in [2.75, 3.05) is 72.5 Å². The first-order valence-electron chi connectivity index (χ1n) is 30.1. The van der Waals surface area contributed by atoms with Gasteiger partial charge in [-0.3, -0.25) is 47.9 Å². The monoisotopic (exact) mass is 1220 g/mol. The Bertz CT molecular complexity index is 2000. The quantitative estimate of drug-likeness (QED) is 0.0380. The van der Waals surface area contributed by atoms with Crippen LogP contribution in [0.3, 0.4) is 0 Å². The van der Waals surface area contributed by atoms with Gasteiger partial charge in [-0.05, 0) is 51.9 Å². The zero-order chi connectivity index (χ0) is 63.6. The largest absolute Gasteiger partial charge is 0.481 e. The van der Waals surface area contributed by atoms with Crippen molar-refractivity contribution in [2.24, 2.45) is 17.8 Å². The molecule has 0 aromatic carbocycles. The number of ether oxygens (including phenoxy) is 4. The molecule has 6 atom stereocenters. The second kappa shape index (κ2) is 51.1. The van der Waals surface area contributed by atoms with Crippen LogP contribution in [0.2, 0.25) is 0 Å². The third-order valence-corrected chi connectivity index (χ3v) is 13.8. The summed E-state index contributed by atoms with van der Waals surface area (Å²) in [6.45, 7) is 3.12. The molecule has 0 radical (unpaired) electrons. The van der Waals surface area contributed by atoms with Gasteiger partial charge in [0.15, 0.2) is 0 Å². The first-order valence-corrected chi connectivity index (χ1v) is 30.1. The number of aliphatic hydroxyl groups excluding tert-OH is 1. The van der Waals surface area contributed by atoms with Crippen molar-refractivity contribution < 1.29 is 110 Å². The maximum Gasteiger partial charge on any atom is 0.326 e. The Hall–Kier alpha value is -6.16. The third-order valence-electron chi connectivity index (χ3n) is 13.8. The van der Waals surface area contributed by atoms with E-state index in [4.69, 9.17) is 24.1 Å². The average molecular weight is 1220 g/mol.